The van der Waals surface area contributed by atoms with Gasteiger partial charge in [0.2, 0.25) is 5.43 Å². The van der Waals surface area contributed by atoms with E-state index in [1.165, 1.54) is 22.9 Å². The van der Waals surface area contributed by atoms with E-state index < -0.39 is 11.7 Å². The zero-order chi connectivity index (χ0) is 15.6. The Bertz CT molecular complexity index is 690. The molecular weight excluding hydrogens is 283 g/mol. The Morgan fingerprint density at radius 3 is 2.38 bits per heavy atom. The van der Waals surface area contributed by atoms with Crippen molar-refractivity contribution in [1.82, 2.24) is 15.1 Å². The topological polar surface area (TPSA) is 46.9 Å². The van der Waals surface area contributed by atoms with Gasteiger partial charge in [0, 0.05) is 18.3 Å². The molecule has 0 bridgehead atoms. The van der Waals surface area contributed by atoms with Crippen molar-refractivity contribution in [2.75, 3.05) is 7.05 Å². The number of nitrogens with one attached hydrogen (secondary N) is 1. The van der Waals surface area contributed by atoms with Gasteiger partial charge >= 0.3 is 6.18 Å². The lowest BCUT2D eigenvalue weighted by Gasteiger charge is -2.12. The van der Waals surface area contributed by atoms with Crippen LogP contribution in [0.15, 0.2) is 35.1 Å². The van der Waals surface area contributed by atoms with Crippen molar-refractivity contribution >= 4 is 0 Å². The molecule has 0 atom stereocenters. The summed E-state index contributed by atoms with van der Waals surface area (Å²) in [5, 5.41) is 7.01. The molecule has 0 aliphatic rings. The summed E-state index contributed by atoms with van der Waals surface area (Å²) in [6.07, 6.45) is -4.37. The van der Waals surface area contributed by atoms with Gasteiger partial charge in [-0.15, -0.1) is 0 Å². The Labute approximate surface area is 119 Å². The summed E-state index contributed by atoms with van der Waals surface area (Å²) in [5.41, 5.74) is 0.408. The predicted molar refractivity (Wildman–Crippen MR) is 72.3 cm³/mol. The second-order valence-electron chi connectivity index (χ2n) is 4.58. The van der Waals surface area contributed by atoms with Gasteiger partial charge in [0.1, 0.15) is 5.69 Å². The van der Waals surface area contributed by atoms with Crippen LogP contribution < -0.4 is 10.7 Å². The van der Waals surface area contributed by atoms with Gasteiger partial charge in [0.05, 0.1) is 11.3 Å². The van der Waals surface area contributed by atoms with Crippen LogP contribution in [0.1, 0.15) is 17.0 Å². The van der Waals surface area contributed by atoms with E-state index in [4.69, 9.17) is 0 Å². The van der Waals surface area contributed by atoms with Gasteiger partial charge in [-0.2, -0.15) is 18.3 Å². The number of rotatable bonds is 3. The SMILES string of the molecule is CNCc1nn(-c2ccc(C(F)(F)F)cc2)c(C)cc1=O. The summed E-state index contributed by atoms with van der Waals surface area (Å²) in [5.74, 6) is 0. The molecule has 0 radical (unpaired) electrons. The van der Waals surface area contributed by atoms with Crippen LogP contribution in [0.5, 0.6) is 0 Å². The zero-order valence-corrected chi connectivity index (χ0v) is 11.5. The molecule has 7 heteroatoms. The van der Waals surface area contributed by atoms with E-state index in [2.05, 4.69) is 10.4 Å². The van der Waals surface area contributed by atoms with Gasteiger partial charge in [0.25, 0.3) is 0 Å². The van der Waals surface area contributed by atoms with Gasteiger partial charge in [-0.05, 0) is 38.2 Å². The second kappa shape index (κ2) is 5.69. The molecule has 0 unspecified atom stereocenters. The Balaban J connectivity index is 2.46. The highest BCUT2D eigenvalue weighted by Crippen LogP contribution is 2.29. The highest BCUT2D eigenvalue weighted by atomic mass is 19.4. The molecule has 2 rings (SSSR count). The number of nitrogens with zero attached hydrogens (tertiary/aromatic N) is 2. The summed E-state index contributed by atoms with van der Waals surface area (Å²) in [6.45, 7) is 1.97. The molecule has 112 valence electrons. The van der Waals surface area contributed by atoms with Crippen LogP contribution in [0.4, 0.5) is 13.2 Å². The maximum atomic E-state index is 12.5. The lowest BCUT2D eigenvalue weighted by molar-refractivity contribution is -0.137. The molecule has 1 aromatic heterocycles. The molecule has 0 aliphatic carbocycles. The Morgan fingerprint density at radius 2 is 1.86 bits per heavy atom. The third-order valence-corrected chi connectivity index (χ3v) is 2.96. The first kappa shape index (κ1) is 15.2. The highest BCUT2D eigenvalue weighted by molar-refractivity contribution is 5.36. The number of aryl methyl sites for hydroxylation is 1. The van der Waals surface area contributed by atoms with Crippen LogP contribution in [0.2, 0.25) is 0 Å². The van der Waals surface area contributed by atoms with Crippen molar-refractivity contribution in [1.29, 1.82) is 0 Å². The quantitative estimate of drug-likeness (QED) is 0.945. The molecule has 1 N–H and O–H groups in total. The maximum absolute atomic E-state index is 12.5. The van der Waals surface area contributed by atoms with Crippen LogP contribution in [0.3, 0.4) is 0 Å². The van der Waals surface area contributed by atoms with E-state index in [0.29, 0.717) is 23.6 Å². The molecule has 2 aromatic rings. The largest absolute Gasteiger partial charge is 0.416 e. The normalized spacial score (nSPS) is 11.7. The molecule has 0 aliphatic heterocycles. The van der Waals surface area contributed by atoms with E-state index in [1.54, 1.807) is 14.0 Å². The number of aromatic nitrogens is 2. The highest BCUT2D eigenvalue weighted by Gasteiger charge is 2.30. The first-order valence-electron chi connectivity index (χ1n) is 6.25. The standard InChI is InChI=1S/C14H14F3N3O/c1-9-7-13(21)12(8-18-2)19-20(9)11-5-3-10(4-6-11)14(15,16)17/h3-7,18H,8H2,1-2H3. The first-order chi connectivity index (χ1) is 9.82. The average Bonchev–Trinajstić information content (AvgIpc) is 2.41. The van der Waals surface area contributed by atoms with Crippen molar-refractivity contribution in [2.24, 2.45) is 0 Å². The summed E-state index contributed by atoms with van der Waals surface area (Å²) in [4.78, 5) is 11.7. The Hall–Kier alpha value is -2.15. The van der Waals surface area contributed by atoms with Crippen LogP contribution in [0.25, 0.3) is 5.69 Å². The third kappa shape index (κ3) is 3.30. The van der Waals surface area contributed by atoms with E-state index in [0.717, 1.165) is 12.1 Å². The van der Waals surface area contributed by atoms with E-state index in [1.807, 2.05) is 0 Å². The molecular formula is C14H14F3N3O. The lowest BCUT2D eigenvalue weighted by atomic mass is 10.2. The Kier molecular flexibility index (Phi) is 4.13. The minimum atomic E-state index is -4.37. The van der Waals surface area contributed by atoms with E-state index >= 15 is 0 Å². The van der Waals surface area contributed by atoms with Gasteiger partial charge in [0.15, 0.2) is 0 Å². The predicted octanol–water partition coefficient (Wildman–Crippen LogP) is 2.28. The molecule has 0 fully saturated rings. The maximum Gasteiger partial charge on any atom is 0.416 e. The number of benzene rings is 1. The number of alkyl halides is 3. The minimum absolute atomic E-state index is 0.204. The molecule has 0 amide bonds. The molecule has 21 heavy (non-hydrogen) atoms. The van der Waals surface area contributed by atoms with Crippen LogP contribution in [0, 0.1) is 6.92 Å². The van der Waals surface area contributed by atoms with Crippen molar-refractivity contribution in [3.63, 3.8) is 0 Å². The van der Waals surface area contributed by atoms with E-state index in [9.17, 15) is 18.0 Å². The fourth-order valence-electron chi connectivity index (χ4n) is 1.93. The molecule has 4 nitrogen and oxygen atoms in total. The van der Waals surface area contributed by atoms with Crippen molar-refractivity contribution in [3.8, 4) is 5.69 Å². The first-order valence-corrected chi connectivity index (χ1v) is 6.25. The van der Waals surface area contributed by atoms with Gasteiger partial charge in [-0.25, -0.2) is 4.68 Å². The number of hydrogen-bond acceptors (Lipinski definition) is 3. The van der Waals surface area contributed by atoms with Crippen molar-refractivity contribution < 1.29 is 13.2 Å². The molecule has 1 heterocycles. The summed E-state index contributed by atoms with van der Waals surface area (Å²) < 4.78 is 39.1. The monoisotopic (exact) mass is 297 g/mol. The van der Waals surface area contributed by atoms with Crippen LogP contribution >= 0.6 is 0 Å². The molecule has 0 saturated carbocycles. The number of hydrogen-bond donors (Lipinski definition) is 1. The smallest absolute Gasteiger partial charge is 0.314 e. The zero-order valence-electron chi connectivity index (χ0n) is 11.5. The minimum Gasteiger partial charge on any atom is -0.314 e. The van der Waals surface area contributed by atoms with Crippen LogP contribution in [-0.2, 0) is 12.7 Å². The second-order valence-corrected chi connectivity index (χ2v) is 4.58. The fraction of sp³-hybridized carbons (Fsp3) is 0.286. The van der Waals surface area contributed by atoms with Gasteiger partial charge in [-0.3, -0.25) is 4.79 Å². The van der Waals surface area contributed by atoms with Crippen LogP contribution in [-0.4, -0.2) is 16.8 Å². The molecule has 1 aromatic carbocycles. The summed E-state index contributed by atoms with van der Waals surface area (Å²) in [7, 11) is 1.68. The summed E-state index contributed by atoms with van der Waals surface area (Å²) in [6, 6.07) is 6.06. The lowest BCUT2D eigenvalue weighted by Crippen LogP contribution is -2.22. The summed E-state index contributed by atoms with van der Waals surface area (Å²) >= 11 is 0. The fourth-order valence-corrected chi connectivity index (χ4v) is 1.93. The number of halogens is 3. The van der Waals surface area contributed by atoms with Crippen molar-refractivity contribution in [3.05, 3.63) is 57.5 Å². The van der Waals surface area contributed by atoms with Crippen molar-refractivity contribution in [2.45, 2.75) is 19.6 Å². The Morgan fingerprint density at radius 1 is 1.24 bits per heavy atom. The molecule has 0 saturated heterocycles. The average molecular weight is 297 g/mol. The van der Waals surface area contributed by atoms with Gasteiger partial charge < -0.3 is 5.32 Å². The molecule has 0 spiro atoms. The van der Waals surface area contributed by atoms with Gasteiger partial charge in [-0.1, -0.05) is 0 Å². The van der Waals surface area contributed by atoms with E-state index in [-0.39, 0.29) is 5.43 Å². The third-order valence-electron chi connectivity index (χ3n) is 2.96.